The highest BCUT2D eigenvalue weighted by Gasteiger charge is 2.16. The maximum atomic E-state index is 14.2. The average Bonchev–Trinajstić information content (AvgIpc) is 3.23. The third-order valence-electron chi connectivity index (χ3n) is 4.50. The van der Waals surface area contributed by atoms with Crippen LogP contribution >= 0.6 is 11.3 Å². The number of rotatable bonds is 3. The van der Waals surface area contributed by atoms with Gasteiger partial charge in [-0.05, 0) is 17.5 Å². The first-order valence-electron chi connectivity index (χ1n) is 8.94. The summed E-state index contributed by atoms with van der Waals surface area (Å²) in [6.07, 6.45) is 0. The van der Waals surface area contributed by atoms with Crippen LogP contribution < -0.4 is 0 Å². The summed E-state index contributed by atoms with van der Waals surface area (Å²) < 4.78 is 28.1. The minimum atomic E-state index is -0.864. The summed E-state index contributed by atoms with van der Waals surface area (Å²) in [7, 11) is 0. The molecule has 0 N–H and O–H groups in total. The third kappa shape index (κ3) is 3.28. The number of hydrogen-bond donors (Lipinski definition) is 0. The zero-order valence-electron chi connectivity index (χ0n) is 15.0. The van der Waals surface area contributed by atoms with Crippen molar-refractivity contribution in [3.63, 3.8) is 0 Å². The van der Waals surface area contributed by atoms with Gasteiger partial charge in [0.15, 0.2) is 29.1 Å². The summed E-state index contributed by atoms with van der Waals surface area (Å²) in [5.74, 6) is -0.230. The van der Waals surface area contributed by atoms with E-state index in [1.54, 1.807) is 12.1 Å². The predicted octanol–water partition coefficient (Wildman–Crippen LogP) is 6.37. The van der Waals surface area contributed by atoms with Gasteiger partial charge in [0.1, 0.15) is 0 Å². The molecule has 0 amide bonds. The van der Waals surface area contributed by atoms with Gasteiger partial charge < -0.3 is 0 Å². The van der Waals surface area contributed by atoms with Crippen molar-refractivity contribution in [1.82, 2.24) is 15.0 Å². The molecule has 2 heterocycles. The van der Waals surface area contributed by atoms with Gasteiger partial charge in [0.05, 0.1) is 9.58 Å². The van der Waals surface area contributed by atoms with Gasteiger partial charge in [-0.2, -0.15) is 0 Å². The highest BCUT2D eigenvalue weighted by molar-refractivity contribution is 7.22. The van der Waals surface area contributed by atoms with E-state index in [0.717, 1.165) is 28.5 Å². The molecule has 0 saturated heterocycles. The van der Waals surface area contributed by atoms with Crippen molar-refractivity contribution in [3.05, 3.63) is 90.5 Å². The summed E-state index contributed by atoms with van der Waals surface area (Å²) in [6.45, 7) is 0. The Bertz CT molecular complexity index is 1260. The summed E-state index contributed by atoms with van der Waals surface area (Å²) in [6, 6.07) is 23.7. The summed E-state index contributed by atoms with van der Waals surface area (Å²) >= 11 is 1.13. The molecule has 0 fully saturated rings. The fourth-order valence-electron chi connectivity index (χ4n) is 3.07. The fraction of sp³-hybridized carbons (Fsp3) is 0. The molecule has 5 rings (SSSR count). The molecule has 29 heavy (non-hydrogen) atoms. The van der Waals surface area contributed by atoms with E-state index in [4.69, 9.17) is 0 Å². The quantitative estimate of drug-likeness (QED) is 0.353. The van der Waals surface area contributed by atoms with Crippen LogP contribution in [-0.2, 0) is 0 Å². The van der Waals surface area contributed by atoms with Gasteiger partial charge in [0, 0.05) is 11.1 Å². The van der Waals surface area contributed by atoms with Crippen molar-refractivity contribution in [2.75, 3.05) is 0 Å². The lowest BCUT2D eigenvalue weighted by Crippen LogP contribution is -1.99. The van der Waals surface area contributed by atoms with Crippen LogP contribution in [0.25, 0.3) is 43.6 Å². The smallest absolute Gasteiger partial charge is 0.176 e. The molecule has 140 valence electrons. The van der Waals surface area contributed by atoms with Crippen LogP contribution in [-0.4, -0.2) is 15.0 Å². The SMILES string of the molecule is Fc1ccc2cc(-c3nc(-c4ccccc4)nc(-c4ccccc4)n3)sc2c1F. The Morgan fingerprint density at radius 2 is 1.17 bits per heavy atom. The molecule has 0 bridgehead atoms. The number of aromatic nitrogens is 3. The maximum Gasteiger partial charge on any atom is 0.176 e. The van der Waals surface area contributed by atoms with E-state index in [1.165, 1.54) is 0 Å². The fourth-order valence-corrected chi connectivity index (χ4v) is 4.09. The van der Waals surface area contributed by atoms with E-state index in [9.17, 15) is 8.78 Å². The van der Waals surface area contributed by atoms with E-state index >= 15 is 0 Å². The summed E-state index contributed by atoms with van der Waals surface area (Å²) in [5.41, 5.74) is 1.71. The van der Waals surface area contributed by atoms with E-state index in [2.05, 4.69) is 15.0 Å². The molecule has 0 aliphatic carbocycles. The highest BCUT2D eigenvalue weighted by Crippen LogP contribution is 2.35. The molecule has 0 aliphatic heterocycles. The highest BCUT2D eigenvalue weighted by atomic mass is 32.1. The largest absolute Gasteiger partial charge is 0.208 e. The molecule has 3 nitrogen and oxygen atoms in total. The van der Waals surface area contributed by atoms with E-state index < -0.39 is 11.6 Å². The summed E-state index contributed by atoms with van der Waals surface area (Å²) in [5, 5.41) is 0.617. The molecule has 5 aromatic rings. The van der Waals surface area contributed by atoms with Gasteiger partial charge in [-0.1, -0.05) is 66.7 Å². The van der Waals surface area contributed by atoms with Gasteiger partial charge in [-0.15, -0.1) is 11.3 Å². The van der Waals surface area contributed by atoms with Crippen molar-refractivity contribution in [2.45, 2.75) is 0 Å². The van der Waals surface area contributed by atoms with Crippen LogP contribution in [0.1, 0.15) is 0 Å². The molecule has 2 aromatic heterocycles. The number of halogens is 2. The second kappa shape index (κ2) is 7.14. The first kappa shape index (κ1) is 17.6. The number of benzene rings is 3. The number of hydrogen-bond acceptors (Lipinski definition) is 4. The lowest BCUT2D eigenvalue weighted by molar-refractivity contribution is 0.518. The normalized spacial score (nSPS) is 11.1. The minimum Gasteiger partial charge on any atom is -0.208 e. The molecule has 0 atom stereocenters. The maximum absolute atomic E-state index is 14.2. The first-order chi connectivity index (χ1) is 14.2. The Labute approximate surface area is 169 Å². The van der Waals surface area contributed by atoms with Gasteiger partial charge in [-0.25, -0.2) is 23.7 Å². The van der Waals surface area contributed by atoms with Gasteiger partial charge in [-0.3, -0.25) is 0 Å². The standard InChI is InChI=1S/C23H13F2N3S/c24-17-12-11-16-13-18(29-20(16)19(17)25)23-27-21(14-7-3-1-4-8-14)26-22(28-23)15-9-5-2-6-10-15/h1-13H. The Balaban J connectivity index is 1.73. The van der Waals surface area contributed by atoms with Crippen molar-refractivity contribution < 1.29 is 8.78 Å². The Morgan fingerprint density at radius 3 is 1.76 bits per heavy atom. The first-order valence-corrected chi connectivity index (χ1v) is 9.75. The van der Waals surface area contributed by atoms with Crippen LogP contribution in [0, 0.1) is 11.6 Å². The monoisotopic (exact) mass is 401 g/mol. The van der Waals surface area contributed by atoms with Gasteiger partial charge in [0.2, 0.25) is 0 Å². The average molecular weight is 401 g/mol. The van der Waals surface area contributed by atoms with Crippen molar-refractivity contribution in [1.29, 1.82) is 0 Å². The zero-order valence-corrected chi connectivity index (χ0v) is 15.8. The number of fused-ring (bicyclic) bond motifs is 1. The second-order valence-corrected chi connectivity index (χ2v) is 7.48. The molecule has 6 heteroatoms. The lowest BCUT2D eigenvalue weighted by Gasteiger charge is -2.07. The van der Waals surface area contributed by atoms with Crippen LogP contribution in [0.15, 0.2) is 78.9 Å². The van der Waals surface area contributed by atoms with Gasteiger partial charge >= 0.3 is 0 Å². The minimum absolute atomic E-state index is 0.253. The topological polar surface area (TPSA) is 38.7 Å². The van der Waals surface area contributed by atoms with E-state index in [-0.39, 0.29) is 4.70 Å². The molecule has 0 unspecified atom stereocenters. The third-order valence-corrected chi connectivity index (χ3v) is 5.64. The molecular weight excluding hydrogens is 388 g/mol. The van der Waals surface area contributed by atoms with Crippen LogP contribution in [0.4, 0.5) is 8.78 Å². The van der Waals surface area contributed by atoms with Crippen molar-refractivity contribution >= 4 is 21.4 Å². The van der Waals surface area contributed by atoms with Gasteiger partial charge in [0.25, 0.3) is 0 Å². The van der Waals surface area contributed by atoms with Crippen LogP contribution in [0.2, 0.25) is 0 Å². The van der Waals surface area contributed by atoms with Crippen molar-refractivity contribution in [3.8, 4) is 33.5 Å². The summed E-state index contributed by atoms with van der Waals surface area (Å²) in [4.78, 5) is 14.5. The molecule has 0 spiro atoms. The van der Waals surface area contributed by atoms with Crippen LogP contribution in [0.3, 0.4) is 0 Å². The second-order valence-electron chi connectivity index (χ2n) is 6.43. The predicted molar refractivity (Wildman–Crippen MR) is 111 cm³/mol. The van der Waals surface area contributed by atoms with E-state index in [0.29, 0.717) is 27.7 Å². The molecule has 3 aromatic carbocycles. The number of thiophene rings is 1. The lowest BCUT2D eigenvalue weighted by atomic mass is 10.2. The molecule has 0 aliphatic rings. The Hall–Kier alpha value is -3.51. The van der Waals surface area contributed by atoms with Crippen molar-refractivity contribution in [2.24, 2.45) is 0 Å². The van der Waals surface area contributed by atoms with Crippen LogP contribution in [0.5, 0.6) is 0 Å². The molecule has 0 saturated carbocycles. The Kier molecular flexibility index (Phi) is 4.33. The zero-order chi connectivity index (χ0) is 19.8. The molecular formula is C23H13F2N3S. The molecule has 0 radical (unpaired) electrons. The number of nitrogens with zero attached hydrogens (tertiary/aromatic N) is 3. The van der Waals surface area contributed by atoms with E-state index in [1.807, 2.05) is 60.7 Å². The Morgan fingerprint density at radius 1 is 0.621 bits per heavy atom.